The van der Waals surface area contributed by atoms with Crippen molar-refractivity contribution in [2.75, 3.05) is 0 Å². The van der Waals surface area contributed by atoms with Crippen LogP contribution in [0.1, 0.15) is 23.9 Å². The van der Waals surface area contributed by atoms with Crippen LogP contribution in [0.2, 0.25) is 0 Å². The molecule has 21 heavy (non-hydrogen) atoms. The van der Waals surface area contributed by atoms with E-state index >= 15 is 0 Å². The highest BCUT2D eigenvalue weighted by Gasteiger charge is 2.16. The molecule has 0 radical (unpaired) electrons. The van der Waals surface area contributed by atoms with Crippen molar-refractivity contribution in [2.24, 2.45) is 5.73 Å². The van der Waals surface area contributed by atoms with Crippen molar-refractivity contribution in [2.45, 2.75) is 18.9 Å². The molecule has 106 valence electrons. The summed E-state index contributed by atoms with van der Waals surface area (Å²) in [6.07, 6.45) is 6.37. The van der Waals surface area contributed by atoms with Crippen LogP contribution in [0.4, 0.5) is 0 Å². The first-order valence-electron chi connectivity index (χ1n) is 6.72. The van der Waals surface area contributed by atoms with Crippen LogP contribution in [0.3, 0.4) is 0 Å². The largest absolute Gasteiger partial charge is 0.337 e. The molecule has 0 bridgehead atoms. The number of benzene rings is 1. The van der Waals surface area contributed by atoms with Crippen molar-refractivity contribution in [1.82, 2.24) is 20.1 Å². The average Bonchev–Trinajstić information content (AvgIpc) is 3.04. The molecule has 0 amide bonds. The molecule has 0 aliphatic rings. The van der Waals surface area contributed by atoms with Crippen LogP contribution in [-0.4, -0.2) is 20.1 Å². The number of hydrogen-bond donors (Lipinski definition) is 1. The molecule has 6 nitrogen and oxygen atoms in total. The minimum atomic E-state index is -0.289. The van der Waals surface area contributed by atoms with Gasteiger partial charge in [-0.2, -0.15) is 4.98 Å². The Morgan fingerprint density at radius 2 is 2.00 bits per heavy atom. The van der Waals surface area contributed by atoms with Gasteiger partial charge < -0.3 is 10.3 Å². The minimum Gasteiger partial charge on any atom is -0.337 e. The first-order valence-corrected chi connectivity index (χ1v) is 6.72. The number of nitrogens with zero attached hydrogens (tertiary/aromatic N) is 4. The molecule has 3 aromatic rings. The Kier molecular flexibility index (Phi) is 3.97. The van der Waals surface area contributed by atoms with Gasteiger partial charge in [0, 0.05) is 12.4 Å². The second-order valence-corrected chi connectivity index (χ2v) is 4.68. The maximum atomic E-state index is 6.10. The van der Waals surface area contributed by atoms with Crippen LogP contribution in [0.25, 0.3) is 11.5 Å². The van der Waals surface area contributed by atoms with Gasteiger partial charge >= 0.3 is 0 Å². The third kappa shape index (κ3) is 3.29. The van der Waals surface area contributed by atoms with Crippen LogP contribution in [0.5, 0.6) is 0 Å². The van der Waals surface area contributed by atoms with E-state index in [0.717, 1.165) is 12.8 Å². The van der Waals surface area contributed by atoms with E-state index in [4.69, 9.17) is 10.3 Å². The molecule has 0 saturated carbocycles. The van der Waals surface area contributed by atoms with Gasteiger partial charge in [-0.3, -0.25) is 4.98 Å². The van der Waals surface area contributed by atoms with Crippen LogP contribution in [0.15, 0.2) is 53.4 Å². The second kappa shape index (κ2) is 6.23. The Balaban J connectivity index is 1.66. The lowest BCUT2D eigenvalue weighted by Gasteiger charge is -2.06. The molecule has 2 aromatic heterocycles. The zero-order chi connectivity index (χ0) is 14.5. The smallest absolute Gasteiger partial charge is 0.243 e. The maximum absolute atomic E-state index is 6.10. The highest BCUT2D eigenvalue weighted by molar-refractivity contribution is 5.45. The van der Waals surface area contributed by atoms with E-state index in [1.54, 1.807) is 18.6 Å². The van der Waals surface area contributed by atoms with Gasteiger partial charge in [0.2, 0.25) is 11.7 Å². The highest BCUT2D eigenvalue weighted by Crippen LogP contribution is 2.18. The molecule has 0 fully saturated rings. The summed E-state index contributed by atoms with van der Waals surface area (Å²) in [5.74, 6) is 0.833. The molecule has 2 N–H and O–H groups in total. The van der Waals surface area contributed by atoms with E-state index in [1.165, 1.54) is 5.56 Å². The Labute approximate surface area is 122 Å². The van der Waals surface area contributed by atoms with Crippen LogP contribution >= 0.6 is 0 Å². The predicted molar refractivity (Wildman–Crippen MR) is 77.0 cm³/mol. The fourth-order valence-corrected chi connectivity index (χ4v) is 1.99. The standard InChI is InChI=1S/C15H15N5O/c16-12(7-6-11-4-2-1-3-5-11)15-19-14(20-21-15)13-10-17-8-9-18-13/h1-5,8-10,12H,6-7,16H2/t12-/m0/s1. The van der Waals surface area contributed by atoms with Crippen LogP contribution in [-0.2, 0) is 6.42 Å². The van der Waals surface area contributed by atoms with Crippen molar-refractivity contribution in [3.05, 3.63) is 60.4 Å². The summed E-state index contributed by atoms with van der Waals surface area (Å²) < 4.78 is 5.22. The van der Waals surface area contributed by atoms with Gasteiger partial charge in [0.25, 0.3) is 0 Å². The molecule has 3 rings (SSSR count). The van der Waals surface area contributed by atoms with E-state index in [9.17, 15) is 0 Å². The summed E-state index contributed by atoms with van der Waals surface area (Å²) in [5.41, 5.74) is 7.91. The van der Waals surface area contributed by atoms with Crippen molar-refractivity contribution >= 4 is 0 Å². The monoisotopic (exact) mass is 281 g/mol. The molecule has 0 unspecified atom stereocenters. The summed E-state index contributed by atoms with van der Waals surface area (Å²) >= 11 is 0. The molecule has 0 aliphatic carbocycles. The normalized spacial score (nSPS) is 12.2. The van der Waals surface area contributed by atoms with Gasteiger partial charge in [-0.1, -0.05) is 35.5 Å². The Morgan fingerprint density at radius 1 is 1.14 bits per heavy atom. The molecule has 6 heteroatoms. The molecular formula is C15H15N5O. The quantitative estimate of drug-likeness (QED) is 0.770. The van der Waals surface area contributed by atoms with Crippen molar-refractivity contribution in [3.8, 4) is 11.5 Å². The van der Waals surface area contributed by atoms with Gasteiger partial charge in [-0.15, -0.1) is 0 Å². The zero-order valence-corrected chi connectivity index (χ0v) is 11.4. The van der Waals surface area contributed by atoms with Gasteiger partial charge in [-0.05, 0) is 18.4 Å². The number of hydrogen-bond acceptors (Lipinski definition) is 6. The van der Waals surface area contributed by atoms with E-state index in [1.807, 2.05) is 18.2 Å². The van der Waals surface area contributed by atoms with E-state index < -0.39 is 0 Å². The number of aromatic nitrogens is 4. The number of nitrogens with two attached hydrogens (primary N) is 1. The SMILES string of the molecule is N[C@@H](CCc1ccccc1)c1nc(-c2cnccn2)no1. The second-order valence-electron chi connectivity index (χ2n) is 4.68. The third-order valence-corrected chi connectivity index (χ3v) is 3.14. The van der Waals surface area contributed by atoms with Gasteiger partial charge in [0.05, 0.1) is 12.2 Å². The number of aryl methyl sites for hydroxylation is 1. The van der Waals surface area contributed by atoms with Crippen LogP contribution in [0, 0.1) is 0 Å². The van der Waals surface area contributed by atoms with E-state index in [0.29, 0.717) is 17.4 Å². The Bertz CT molecular complexity index is 684. The van der Waals surface area contributed by atoms with Gasteiger partial charge in [0.1, 0.15) is 5.69 Å². The fraction of sp³-hybridized carbons (Fsp3) is 0.200. The Hall–Kier alpha value is -2.60. The van der Waals surface area contributed by atoms with Gasteiger partial charge in [0.15, 0.2) is 0 Å². The summed E-state index contributed by atoms with van der Waals surface area (Å²) in [7, 11) is 0. The first-order chi connectivity index (χ1) is 10.3. The lowest BCUT2D eigenvalue weighted by Crippen LogP contribution is -2.11. The molecule has 1 atom stereocenters. The van der Waals surface area contributed by atoms with Crippen molar-refractivity contribution < 1.29 is 4.52 Å². The maximum Gasteiger partial charge on any atom is 0.243 e. The average molecular weight is 281 g/mol. The van der Waals surface area contributed by atoms with Crippen LogP contribution < -0.4 is 5.73 Å². The lowest BCUT2D eigenvalue weighted by molar-refractivity contribution is 0.349. The van der Waals surface area contributed by atoms with Gasteiger partial charge in [-0.25, -0.2) is 4.98 Å². The fourth-order valence-electron chi connectivity index (χ4n) is 1.99. The van der Waals surface area contributed by atoms with Crippen molar-refractivity contribution in [1.29, 1.82) is 0 Å². The zero-order valence-electron chi connectivity index (χ0n) is 11.4. The molecular weight excluding hydrogens is 266 g/mol. The summed E-state index contributed by atoms with van der Waals surface area (Å²) in [5, 5.41) is 3.89. The first kappa shape index (κ1) is 13.4. The molecule has 0 aliphatic heterocycles. The van der Waals surface area contributed by atoms with E-state index in [2.05, 4.69) is 32.2 Å². The predicted octanol–water partition coefficient (Wildman–Crippen LogP) is 2.16. The third-order valence-electron chi connectivity index (χ3n) is 3.14. The minimum absolute atomic E-state index is 0.289. The number of rotatable bonds is 5. The topological polar surface area (TPSA) is 90.7 Å². The Morgan fingerprint density at radius 3 is 2.76 bits per heavy atom. The molecule has 2 heterocycles. The lowest BCUT2D eigenvalue weighted by atomic mass is 10.1. The van der Waals surface area contributed by atoms with Crippen molar-refractivity contribution in [3.63, 3.8) is 0 Å². The summed E-state index contributed by atoms with van der Waals surface area (Å²) in [4.78, 5) is 12.4. The molecule has 0 spiro atoms. The summed E-state index contributed by atoms with van der Waals surface area (Å²) in [6, 6.07) is 9.88. The molecule has 0 saturated heterocycles. The van der Waals surface area contributed by atoms with E-state index in [-0.39, 0.29) is 6.04 Å². The highest BCUT2D eigenvalue weighted by atomic mass is 16.5. The molecule has 1 aromatic carbocycles. The summed E-state index contributed by atoms with van der Waals surface area (Å²) in [6.45, 7) is 0.